The lowest BCUT2D eigenvalue weighted by molar-refractivity contribution is 0.0633. The Morgan fingerprint density at radius 2 is 1.56 bits per heavy atom. The summed E-state index contributed by atoms with van der Waals surface area (Å²) in [6.07, 6.45) is 0. The van der Waals surface area contributed by atoms with Crippen LogP contribution in [0.1, 0.15) is 15.9 Å². The zero-order valence-corrected chi connectivity index (χ0v) is 10.1. The van der Waals surface area contributed by atoms with Gasteiger partial charge in [-0.05, 0) is 12.1 Å². The van der Waals surface area contributed by atoms with E-state index in [-0.39, 0.29) is 16.9 Å². The summed E-state index contributed by atoms with van der Waals surface area (Å²) >= 11 is 5.91. The first kappa shape index (κ1) is 12.6. The van der Waals surface area contributed by atoms with Crippen molar-refractivity contribution in [2.75, 3.05) is 0 Å². The van der Waals surface area contributed by atoms with Gasteiger partial charge in [0.1, 0.15) is 5.75 Å². The predicted molar refractivity (Wildman–Crippen MR) is 68.6 cm³/mol. The van der Waals surface area contributed by atoms with Gasteiger partial charge in [-0.3, -0.25) is 4.79 Å². The molecule has 0 saturated heterocycles. The summed E-state index contributed by atoms with van der Waals surface area (Å²) in [4.78, 5) is 12.1. The van der Waals surface area contributed by atoms with Gasteiger partial charge in [0.25, 0.3) is 0 Å². The molecule has 0 saturated carbocycles. The molecule has 2 aromatic carbocycles. The first-order valence-electron chi connectivity index (χ1n) is 5.33. The lowest BCUT2D eigenvalue weighted by Gasteiger charge is -2.20. The van der Waals surface area contributed by atoms with Crippen molar-refractivity contribution in [3.63, 3.8) is 0 Å². The van der Waals surface area contributed by atoms with Crippen molar-refractivity contribution in [2.24, 2.45) is 0 Å². The van der Waals surface area contributed by atoms with E-state index in [1.807, 2.05) is 0 Å². The van der Waals surface area contributed by atoms with Gasteiger partial charge in [0.05, 0.1) is 5.56 Å². The third-order valence-corrected chi connectivity index (χ3v) is 3.00. The molecule has 0 fully saturated rings. The maximum absolute atomic E-state index is 12.1. The van der Waals surface area contributed by atoms with E-state index in [0.29, 0.717) is 0 Å². The molecule has 0 radical (unpaired) electrons. The molecule has 0 heterocycles. The van der Waals surface area contributed by atoms with Gasteiger partial charge >= 0.3 is 0 Å². The number of alkyl halides is 1. The molecule has 1 atom stereocenters. The summed E-state index contributed by atoms with van der Waals surface area (Å²) < 4.78 is 0. The van der Waals surface area contributed by atoms with Gasteiger partial charge in [-0.15, -0.1) is 0 Å². The van der Waals surface area contributed by atoms with Crippen LogP contribution in [0.4, 0.5) is 0 Å². The number of aromatic hydroxyl groups is 1. The number of carbonyl (C=O) groups excluding carboxylic acids is 1. The molecule has 2 rings (SSSR count). The van der Waals surface area contributed by atoms with Crippen molar-refractivity contribution in [3.8, 4) is 5.75 Å². The molecule has 0 aliphatic heterocycles. The summed E-state index contributed by atoms with van der Waals surface area (Å²) in [5, 5.41) is 17.6. The van der Waals surface area contributed by atoms with E-state index in [1.54, 1.807) is 42.5 Å². The van der Waals surface area contributed by atoms with Crippen LogP contribution in [-0.2, 0) is 5.06 Å². The van der Waals surface area contributed by atoms with Gasteiger partial charge in [-0.25, -0.2) is 0 Å². The van der Waals surface area contributed by atoms with E-state index in [1.165, 1.54) is 12.1 Å². The monoisotopic (exact) mass is 262 g/mol. The molecule has 0 amide bonds. The van der Waals surface area contributed by atoms with E-state index in [9.17, 15) is 15.0 Å². The number of benzene rings is 2. The zero-order chi connectivity index (χ0) is 13.2. The normalized spacial score (nSPS) is 13.9. The summed E-state index contributed by atoms with van der Waals surface area (Å²) in [6, 6.07) is 14.1. The first-order chi connectivity index (χ1) is 8.53. The van der Waals surface area contributed by atoms with Gasteiger partial charge in [-0.2, -0.15) is 0 Å². The second-order valence-electron chi connectivity index (χ2n) is 3.83. The first-order valence-corrected chi connectivity index (χ1v) is 5.71. The molecule has 0 aliphatic carbocycles. The molecular formula is C14H11ClO3. The molecular weight excluding hydrogens is 252 g/mol. The van der Waals surface area contributed by atoms with Gasteiger partial charge < -0.3 is 10.2 Å². The number of aliphatic hydroxyl groups is 1. The Labute approximate surface area is 109 Å². The zero-order valence-electron chi connectivity index (χ0n) is 9.38. The molecule has 2 N–H and O–H groups in total. The lowest BCUT2D eigenvalue weighted by Crippen LogP contribution is -2.29. The van der Waals surface area contributed by atoms with E-state index < -0.39 is 10.8 Å². The topological polar surface area (TPSA) is 57.5 Å². The SMILES string of the molecule is O=C(c1ccccc1O)C(O)(Cl)c1ccccc1. The lowest BCUT2D eigenvalue weighted by atomic mass is 9.99. The Kier molecular flexibility index (Phi) is 3.36. The number of halogens is 1. The minimum absolute atomic E-state index is 0.0150. The average molecular weight is 263 g/mol. The van der Waals surface area contributed by atoms with E-state index in [0.717, 1.165) is 0 Å². The standard InChI is InChI=1S/C14H11ClO3/c15-14(18,10-6-2-1-3-7-10)13(17)11-8-4-5-9-12(11)16/h1-9,16,18H. The molecule has 0 bridgehead atoms. The summed E-state index contributed by atoms with van der Waals surface area (Å²) in [5.41, 5.74) is 0.249. The molecule has 3 nitrogen and oxygen atoms in total. The second-order valence-corrected chi connectivity index (χ2v) is 4.38. The smallest absolute Gasteiger partial charge is 0.228 e. The number of carbonyl (C=O) groups is 1. The Bertz CT molecular complexity index is 564. The number of phenolic OH excluding ortho intramolecular Hbond substituents is 1. The molecule has 4 heteroatoms. The quantitative estimate of drug-likeness (QED) is 0.660. The number of hydrogen-bond acceptors (Lipinski definition) is 3. The molecule has 18 heavy (non-hydrogen) atoms. The maximum Gasteiger partial charge on any atom is 0.228 e. The van der Waals surface area contributed by atoms with Gasteiger partial charge in [0.2, 0.25) is 10.8 Å². The third kappa shape index (κ3) is 2.23. The second kappa shape index (κ2) is 4.80. The van der Waals surface area contributed by atoms with Crippen LogP contribution in [-0.4, -0.2) is 16.0 Å². The van der Waals surface area contributed by atoms with Gasteiger partial charge in [0, 0.05) is 5.56 Å². The van der Waals surface area contributed by atoms with Crippen molar-refractivity contribution in [3.05, 3.63) is 65.7 Å². The van der Waals surface area contributed by atoms with Crippen LogP contribution in [0.15, 0.2) is 54.6 Å². The third-order valence-electron chi connectivity index (χ3n) is 2.61. The van der Waals surface area contributed by atoms with Gasteiger partial charge in [-0.1, -0.05) is 54.1 Å². The molecule has 2 aromatic rings. The minimum Gasteiger partial charge on any atom is -0.507 e. The number of rotatable bonds is 3. The molecule has 0 spiro atoms. The summed E-state index contributed by atoms with van der Waals surface area (Å²) in [6.45, 7) is 0. The maximum atomic E-state index is 12.1. The number of para-hydroxylation sites is 1. The highest BCUT2D eigenvalue weighted by molar-refractivity contribution is 6.36. The molecule has 1 unspecified atom stereocenters. The van der Waals surface area contributed by atoms with Crippen molar-refractivity contribution in [1.29, 1.82) is 0 Å². The van der Waals surface area contributed by atoms with E-state index >= 15 is 0 Å². The molecule has 0 aromatic heterocycles. The Morgan fingerprint density at radius 1 is 1.00 bits per heavy atom. The minimum atomic E-state index is -2.18. The van der Waals surface area contributed by atoms with Crippen LogP contribution in [0.2, 0.25) is 0 Å². The predicted octanol–water partition coefficient (Wildman–Crippen LogP) is 2.66. The highest BCUT2D eigenvalue weighted by Gasteiger charge is 2.37. The number of phenols is 1. The van der Waals surface area contributed by atoms with Crippen molar-refractivity contribution >= 4 is 17.4 Å². The van der Waals surface area contributed by atoms with Crippen LogP contribution in [0, 0.1) is 0 Å². The van der Waals surface area contributed by atoms with E-state index in [2.05, 4.69) is 0 Å². The van der Waals surface area contributed by atoms with Crippen LogP contribution >= 0.6 is 11.6 Å². The Morgan fingerprint density at radius 3 is 2.17 bits per heavy atom. The fourth-order valence-corrected chi connectivity index (χ4v) is 1.86. The van der Waals surface area contributed by atoms with Crippen molar-refractivity contribution < 1.29 is 15.0 Å². The van der Waals surface area contributed by atoms with E-state index in [4.69, 9.17) is 11.6 Å². The highest BCUT2D eigenvalue weighted by Crippen LogP contribution is 2.32. The van der Waals surface area contributed by atoms with Crippen molar-refractivity contribution in [2.45, 2.75) is 5.06 Å². The molecule has 0 aliphatic rings. The summed E-state index contributed by atoms with van der Waals surface area (Å²) in [5.74, 6) is -0.967. The van der Waals surface area contributed by atoms with Crippen molar-refractivity contribution in [1.82, 2.24) is 0 Å². The molecule has 92 valence electrons. The Balaban J connectivity index is 2.43. The number of hydrogen-bond donors (Lipinski definition) is 2. The largest absolute Gasteiger partial charge is 0.507 e. The fraction of sp³-hybridized carbons (Fsp3) is 0.0714. The number of ketones is 1. The van der Waals surface area contributed by atoms with Gasteiger partial charge in [0.15, 0.2) is 0 Å². The van der Waals surface area contributed by atoms with Crippen LogP contribution in [0.5, 0.6) is 5.75 Å². The van der Waals surface area contributed by atoms with Crippen LogP contribution in [0.25, 0.3) is 0 Å². The van der Waals surface area contributed by atoms with Crippen LogP contribution < -0.4 is 0 Å². The number of Topliss-reactive ketones (excluding diaryl/α,β-unsaturated/α-hetero) is 1. The highest BCUT2D eigenvalue weighted by atomic mass is 35.5. The summed E-state index contributed by atoms with van der Waals surface area (Å²) in [7, 11) is 0. The fourth-order valence-electron chi connectivity index (χ4n) is 1.63. The Hall–Kier alpha value is -1.84. The average Bonchev–Trinajstić information content (AvgIpc) is 2.39. The van der Waals surface area contributed by atoms with Crippen LogP contribution in [0.3, 0.4) is 0 Å².